The highest BCUT2D eigenvalue weighted by Gasteiger charge is 2.55. The summed E-state index contributed by atoms with van der Waals surface area (Å²) in [6.45, 7) is 11.4. The van der Waals surface area contributed by atoms with Crippen molar-refractivity contribution >= 4 is 29.4 Å². The van der Waals surface area contributed by atoms with E-state index in [4.69, 9.17) is 4.74 Å². The van der Waals surface area contributed by atoms with Gasteiger partial charge in [0, 0.05) is 11.1 Å². The number of ketones is 1. The number of amides is 3. The number of rotatable bonds is 4. The van der Waals surface area contributed by atoms with Crippen LogP contribution in [-0.4, -0.2) is 40.2 Å². The molecule has 1 heterocycles. The molecular weight excluding hydrogens is 348 g/mol. The second kappa shape index (κ2) is 6.79. The van der Waals surface area contributed by atoms with Crippen LogP contribution in [0.5, 0.6) is 0 Å². The van der Waals surface area contributed by atoms with Crippen LogP contribution in [0, 0.1) is 19.3 Å². The molecule has 27 heavy (non-hydrogen) atoms. The van der Waals surface area contributed by atoms with Crippen molar-refractivity contribution in [1.82, 2.24) is 4.90 Å². The van der Waals surface area contributed by atoms with E-state index in [0.29, 0.717) is 10.6 Å². The molecule has 0 bridgehead atoms. The van der Waals surface area contributed by atoms with Crippen LogP contribution in [0.15, 0.2) is 18.2 Å². The molecule has 1 aliphatic rings. The van der Waals surface area contributed by atoms with E-state index < -0.39 is 40.7 Å². The van der Waals surface area contributed by atoms with Crippen molar-refractivity contribution in [2.24, 2.45) is 5.41 Å². The fourth-order valence-electron chi connectivity index (χ4n) is 2.74. The minimum absolute atomic E-state index is 0.519. The molecule has 1 saturated heterocycles. The topological polar surface area (TPSA) is 92.8 Å². The predicted octanol–water partition coefficient (Wildman–Crippen LogP) is 2.98. The first-order valence-electron chi connectivity index (χ1n) is 8.75. The fraction of sp³-hybridized carbons (Fsp3) is 0.500. The summed E-state index contributed by atoms with van der Waals surface area (Å²) in [4.78, 5) is 51.6. The highest BCUT2D eigenvalue weighted by Crippen LogP contribution is 2.30. The normalized spacial score (nSPS) is 17.5. The molecular formula is C20H26N2O5. The Morgan fingerprint density at radius 3 is 2.22 bits per heavy atom. The summed E-state index contributed by atoms with van der Waals surface area (Å²) in [5, 5.41) is 2.69. The lowest BCUT2D eigenvalue weighted by Crippen LogP contribution is -2.55. The summed E-state index contributed by atoms with van der Waals surface area (Å²) in [6.07, 6.45) is -0.997. The average molecular weight is 374 g/mol. The average Bonchev–Trinajstić information content (AvgIpc) is 2.72. The fourth-order valence-corrected chi connectivity index (χ4v) is 2.74. The number of benzene rings is 1. The number of Topliss-reactive ketones (excluding diaryl/α,β-unsaturated/α-hetero) is 1. The van der Waals surface area contributed by atoms with E-state index >= 15 is 0 Å². The molecule has 0 aliphatic carbocycles. The van der Waals surface area contributed by atoms with Crippen molar-refractivity contribution < 1.29 is 23.9 Å². The quantitative estimate of drug-likeness (QED) is 0.818. The first kappa shape index (κ1) is 20.6. The zero-order valence-corrected chi connectivity index (χ0v) is 16.8. The van der Waals surface area contributed by atoms with Gasteiger partial charge in [-0.3, -0.25) is 14.4 Å². The molecule has 7 heteroatoms. The molecule has 1 unspecified atom stereocenters. The maximum atomic E-state index is 13.0. The van der Waals surface area contributed by atoms with Gasteiger partial charge in [-0.15, -0.1) is 0 Å². The Kier molecular flexibility index (Phi) is 5.19. The molecule has 0 aromatic heterocycles. The summed E-state index contributed by atoms with van der Waals surface area (Å²) in [7, 11) is 0. The van der Waals surface area contributed by atoms with Crippen LogP contribution in [-0.2, 0) is 19.1 Å². The first-order chi connectivity index (χ1) is 12.3. The number of cyclic esters (lactones) is 1. The molecule has 0 saturated carbocycles. The summed E-state index contributed by atoms with van der Waals surface area (Å²) in [5.74, 6) is -2.01. The SMILES string of the molecule is Cc1ccc(C)c(NC(=O)C(C(=O)C(C)(C)C)N2C(=O)OC(C)(C)C2=O)c1. The molecule has 1 atom stereocenters. The van der Waals surface area contributed by atoms with Gasteiger partial charge < -0.3 is 10.1 Å². The lowest BCUT2D eigenvalue weighted by atomic mass is 9.85. The molecule has 0 spiro atoms. The van der Waals surface area contributed by atoms with Gasteiger partial charge in [-0.25, -0.2) is 9.69 Å². The number of hydrogen-bond acceptors (Lipinski definition) is 5. The third-order valence-electron chi connectivity index (χ3n) is 4.42. The highest BCUT2D eigenvalue weighted by atomic mass is 16.6. The van der Waals surface area contributed by atoms with Crippen LogP contribution in [0.4, 0.5) is 10.5 Å². The number of aryl methyl sites for hydroxylation is 2. The molecule has 146 valence electrons. The molecule has 3 amide bonds. The van der Waals surface area contributed by atoms with Gasteiger partial charge in [0.2, 0.25) is 0 Å². The standard InChI is InChI=1S/C20H26N2O5/c1-11-8-9-12(2)13(10-11)21-16(24)14(15(23)19(3,4)5)22-17(25)20(6,7)27-18(22)26/h8-10,14H,1-7H3,(H,21,24). The monoisotopic (exact) mass is 374 g/mol. The van der Waals surface area contributed by atoms with Gasteiger partial charge in [0.1, 0.15) is 0 Å². The summed E-state index contributed by atoms with van der Waals surface area (Å²) in [5.41, 5.74) is -0.130. The van der Waals surface area contributed by atoms with Crippen LogP contribution >= 0.6 is 0 Å². The van der Waals surface area contributed by atoms with E-state index in [1.165, 1.54) is 13.8 Å². The molecule has 0 radical (unpaired) electrons. The number of imide groups is 1. The Morgan fingerprint density at radius 2 is 1.74 bits per heavy atom. The summed E-state index contributed by atoms with van der Waals surface area (Å²) < 4.78 is 5.07. The van der Waals surface area contributed by atoms with Gasteiger partial charge in [-0.1, -0.05) is 32.9 Å². The van der Waals surface area contributed by atoms with Crippen molar-refractivity contribution in [3.63, 3.8) is 0 Å². The Labute approximate surface area is 159 Å². The third-order valence-corrected chi connectivity index (χ3v) is 4.42. The number of hydrogen-bond donors (Lipinski definition) is 1. The number of nitrogens with one attached hydrogen (secondary N) is 1. The first-order valence-corrected chi connectivity index (χ1v) is 8.75. The van der Waals surface area contributed by atoms with E-state index in [-0.39, 0.29) is 0 Å². The van der Waals surface area contributed by atoms with Crippen molar-refractivity contribution in [3.05, 3.63) is 29.3 Å². The lowest BCUT2D eigenvalue weighted by Gasteiger charge is -2.28. The Bertz CT molecular complexity index is 820. The van der Waals surface area contributed by atoms with Gasteiger partial charge in [0.05, 0.1) is 0 Å². The molecule has 7 nitrogen and oxygen atoms in total. The molecule has 1 aromatic rings. The minimum atomic E-state index is -1.60. The summed E-state index contributed by atoms with van der Waals surface area (Å²) in [6, 6.07) is 3.89. The van der Waals surface area contributed by atoms with E-state index in [1.807, 2.05) is 26.0 Å². The van der Waals surface area contributed by atoms with Crippen molar-refractivity contribution in [2.75, 3.05) is 5.32 Å². The Morgan fingerprint density at radius 1 is 1.15 bits per heavy atom. The van der Waals surface area contributed by atoms with Crippen LogP contribution in [0.25, 0.3) is 0 Å². The maximum Gasteiger partial charge on any atom is 0.418 e. The van der Waals surface area contributed by atoms with Gasteiger partial charge in [0.15, 0.2) is 17.4 Å². The maximum absolute atomic E-state index is 13.0. The second-order valence-electron chi connectivity index (χ2n) is 8.38. The van der Waals surface area contributed by atoms with E-state index in [1.54, 1.807) is 26.8 Å². The van der Waals surface area contributed by atoms with Crippen LogP contribution in [0.2, 0.25) is 0 Å². The lowest BCUT2D eigenvalue weighted by molar-refractivity contribution is -0.145. The second-order valence-corrected chi connectivity index (χ2v) is 8.38. The number of anilines is 1. The molecule has 1 aliphatic heterocycles. The molecule has 2 rings (SSSR count). The van der Waals surface area contributed by atoms with Crippen molar-refractivity contribution in [3.8, 4) is 0 Å². The molecule has 1 aromatic carbocycles. The van der Waals surface area contributed by atoms with E-state index in [9.17, 15) is 19.2 Å². The van der Waals surface area contributed by atoms with Gasteiger partial charge in [-0.2, -0.15) is 0 Å². The Balaban J connectivity index is 2.46. The zero-order valence-electron chi connectivity index (χ0n) is 16.8. The third kappa shape index (κ3) is 4.02. The summed E-state index contributed by atoms with van der Waals surface area (Å²) >= 11 is 0. The highest BCUT2D eigenvalue weighted by molar-refractivity contribution is 6.18. The van der Waals surface area contributed by atoms with E-state index in [2.05, 4.69) is 5.32 Å². The number of nitrogens with zero attached hydrogens (tertiary/aromatic N) is 1. The molecule has 1 fully saturated rings. The van der Waals surface area contributed by atoms with Gasteiger partial charge in [-0.05, 0) is 44.9 Å². The minimum Gasteiger partial charge on any atom is -0.433 e. The molecule has 1 N–H and O–H groups in total. The van der Waals surface area contributed by atoms with Crippen molar-refractivity contribution in [1.29, 1.82) is 0 Å². The number of carbonyl (C=O) groups excluding carboxylic acids is 4. The zero-order chi connectivity index (χ0) is 20.7. The van der Waals surface area contributed by atoms with Crippen LogP contribution in [0.1, 0.15) is 45.7 Å². The van der Waals surface area contributed by atoms with Gasteiger partial charge >= 0.3 is 6.09 Å². The Hall–Kier alpha value is -2.70. The van der Waals surface area contributed by atoms with Crippen LogP contribution in [0.3, 0.4) is 0 Å². The smallest absolute Gasteiger partial charge is 0.418 e. The van der Waals surface area contributed by atoms with Crippen LogP contribution < -0.4 is 5.32 Å². The largest absolute Gasteiger partial charge is 0.433 e. The van der Waals surface area contributed by atoms with E-state index in [0.717, 1.165) is 11.1 Å². The number of ether oxygens (including phenoxy) is 1. The number of carbonyl (C=O) groups is 4. The predicted molar refractivity (Wildman–Crippen MR) is 100 cm³/mol. The van der Waals surface area contributed by atoms with Crippen molar-refractivity contribution in [2.45, 2.75) is 60.1 Å². The van der Waals surface area contributed by atoms with Gasteiger partial charge in [0.25, 0.3) is 11.8 Å².